The first-order chi connectivity index (χ1) is 13.8. The second-order valence-electron chi connectivity index (χ2n) is 7.25. The highest BCUT2D eigenvalue weighted by Gasteiger charge is 2.13. The minimum Gasteiger partial charge on any atom is -0.493 e. The fraction of sp³-hybridized carbons (Fsp3) is 0.364. The lowest BCUT2D eigenvalue weighted by Gasteiger charge is -2.14. The van der Waals surface area contributed by atoms with Crippen LogP contribution in [0.3, 0.4) is 0 Å². The van der Waals surface area contributed by atoms with Crippen LogP contribution < -0.4 is 25.2 Å². The molecule has 0 saturated heterocycles. The highest BCUT2D eigenvalue weighted by molar-refractivity contribution is 5.99. The van der Waals surface area contributed by atoms with E-state index in [4.69, 9.17) is 9.47 Å². The van der Waals surface area contributed by atoms with Crippen molar-refractivity contribution in [1.29, 1.82) is 0 Å². The number of hydrazine groups is 1. The molecule has 0 aliphatic carbocycles. The van der Waals surface area contributed by atoms with E-state index in [0.717, 1.165) is 12.1 Å². The molecule has 0 aliphatic rings. The van der Waals surface area contributed by atoms with E-state index in [1.54, 1.807) is 36.4 Å². The Balaban J connectivity index is 1.99. The monoisotopic (exact) mass is 399 g/mol. The van der Waals surface area contributed by atoms with Crippen molar-refractivity contribution in [2.75, 3.05) is 32.7 Å². The molecule has 156 valence electrons. The van der Waals surface area contributed by atoms with E-state index in [1.165, 1.54) is 7.11 Å². The van der Waals surface area contributed by atoms with Crippen LogP contribution in [-0.2, 0) is 0 Å². The maximum atomic E-state index is 12.4. The number of hydrogen-bond donors (Lipinski definition) is 2. The van der Waals surface area contributed by atoms with Crippen molar-refractivity contribution in [3.05, 3.63) is 53.6 Å². The fourth-order valence-corrected chi connectivity index (χ4v) is 2.52. The number of amides is 2. The van der Waals surface area contributed by atoms with Crippen molar-refractivity contribution in [3.8, 4) is 11.5 Å². The Morgan fingerprint density at radius 2 is 1.62 bits per heavy atom. The molecule has 0 unspecified atom stereocenters. The van der Waals surface area contributed by atoms with Gasteiger partial charge in [-0.3, -0.25) is 20.4 Å². The molecule has 2 N–H and O–H groups in total. The lowest BCUT2D eigenvalue weighted by molar-refractivity contribution is 0.0846. The summed E-state index contributed by atoms with van der Waals surface area (Å²) in [4.78, 5) is 26.6. The van der Waals surface area contributed by atoms with Crippen molar-refractivity contribution in [3.63, 3.8) is 0 Å². The van der Waals surface area contributed by atoms with Gasteiger partial charge in [-0.1, -0.05) is 19.9 Å². The minimum absolute atomic E-state index is 0.348. The lowest BCUT2D eigenvalue weighted by Crippen LogP contribution is -2.41. The van der Waals surface area contributed by atoms with Gasteiger partial charge in [0.05, 0.1) is 13.7 Å². The number of carbonyl (C=O) groups is 2. The van der Waals surface area contributed by atoms with Crippen LogP contribution in [0.15, 0.2) is 42.5 Å². The van der Waals surface area contributed by atoms with Crippen LogP contribution in [0.25, 0.3) is 0 Å². The topological polar surface area (TPSA) is 79.9 Å². The van der Waals surface area contributed by atoms with Gasteiger partial charge >= 0.3 is 0 Å². The van der Waals surface area contributed by atoms with Crippen molar-refractivity contribution >= 4 is 17.5 Å². The molecule has 0 saturated carbocycles. The summed E-state index contributed by atoms with van der Waals surface area (Å²) in [6.45, 7) is 4.82. The van der Waals surface area contributed by atoms with Gasteiger partial charge in [-0.05, 0) is 48.7 Å². The summed E-state index contributed by atoms with van der Waals surface area (Å²) in [6, 6.07) is 12.0. The lowest BCUT2D eigenvalue weighted by atomic mass is 10.1. The number of ether oxygens (including phenoxy) is 2. The fourth-order valence-electron chi connectivity index (χ4n) is 2.52. The Morgan fingerprint density at radius 3 is 2.21 bits per heavy atom. The highest BCUT2D eigenvalue weighted by atomic mass is 16.5. The van der Waals surface area contributed by atoms with Gasteiger partial charge in [0, 0.05) is 30.9 Å². The third kappa shape index (κ3) is 6.41. The molecule has 7 heteroatoms. The van der Waals surface area contributed by atoms with E-state index < -0.39 is 11.8 Å². The molecule has 0 radical (unpaired) electrons. The summed E-state index contributed by atoms with van der Waals surface area (Å²) in [5.74, 6) is 0.727. The van der Waals surface area contributed by atoms with E-state index in [0.29, 0.717) is 35.2 Å². The van der Waals surface area contributed by atoms with Gasteiger partial charge in [-0.2, -0.15) is 0 Å². The van der Waals surface area contributed by atoms with Gasteiger partial charge in [0.15, 0.2) is 11.5 Å². The van der Waals surface area contributed by atoms with E-state index in [9.17, 15) is 9.59 Å². The molecular weight excluding hydrogens is 370 g/mol. The smallest absolute Gasteiger partial charge is 0.269 e. The molecule has 0 bridgehead atoms. The minimum atomic E-state index is -0.450. The molecule has 2 aromatic carbocycles. The largest absolute Gasteiger partial charge is 0.493 e. The maximum Gasteiger partial charge on any atom is 0.269 e. The predicted molar refractivity (Wildman–Crippen MR) is 114 cm³/mol. The average Bonchev–Trinajstić information content (AvgIpc) is 2.71. The third-order valence-electron chi connectivity index (χ3n) is 4.29. The summed E-state index contributed by atoms with van der Waals surface area (Å²) in [7, 11) is 5.30. The second-order valence-corrected chi connectivity index (χ2v) is 7.25. The summed E-state index contributed by atoms with van der Waals surface area (Å²) in [5.41, 5.74) is 6.54. The van der Waals surface area contributed by atoms with Gasteiger partial charge in [-0.15, -0.1) is 0 Å². The number of anilines is 1. The molecule has 0 atom stereocenters. The summed E-state index contributed by atoms with van der Waals surface area (Å²) >= 11 is 0. The molecule has 2 aromatic rings. The average molecular weight is 399 g/mol. The van der Waals surface area contributed by atoms with Crippen LogP contribution in [0.5, 0.6) is 11.5 Å². The van der Waals surface area contributed by atoms with Gasteiger partial charge < -0.3 is 14.4 Å². The van der Waals surface area contributed by atoms with Crippen LogP contribution in [0, 0.1) is 5.92 Å². The first-order valence-electron chi connectivity index (χ1n) is 9.50. The number of nitrogens with zero attached hydrogens (tertiary/aromatic N) is 1. The molecule has 7 nitrogen and oxygen atoms in total. The zero-order valence-corrected chi connectivity index (χ0v) is 17.6. The molecule has 0 heterocycles. The van der Waals surface area contributed by atoms with Crippen molar-refractivity contribution < 1.29 is 19.1 Å². The van der Waals surface area contributed by atoms with Crippen LogP contribution in [0.4, 0.5) is 5.69 Å². The molecular formula is C22H29N3O4. The van der Waals surface area contributed by atoms with E-state index in [2.05, 4.69) is 24.7 Å². The van der Waals surface area contributed by atoms with Crippen molar-refractivity contribution in [2.45, 2.75) is 20.3 Å². The number of methoxy groups -OCH3 is 1. The van der Waals surface area contributed by atoms with E-state index in [-0.39, 0.29) is 0 Å². The molecule has 29 heavy (non-hydrogen) atoms. The molecule has 0 spiro atoms. The van der Waals surface area contributed by atoms with Crippen LogP contribution in [-0.4, -0.2) is 39.6 Å². The molecule has 2 rings (SSSR count). The van der Waals surface area contributed by atoms with Crippen molar-refractivity contribution in [2.24, 2.45) is 5.92 Å². The second kappa shape index (κ2) is 10.4. The number of benzene rings is 2. The standard InChI is InChI=1S/C22H29N3O4/c1-15(2)11-12-29-19-10-9-17(14-20(19)28-5)22(27)24-23-21(26)16-7-6-8-18(13-16)25(3)4/h6-10,13-15H,11-12H2,1-5H3,(H,23,26)(H,24,27). The van der Waals surface area contributed by atoms with Gasteiger partial charge in [0.2, 0.25) is 0 Å². The summed E-state index contributed by atoms with van der Waals surface area (Å²) in [5, 5.41) is 0. The van der Waals surface area contributed by atoms with Gasteiger partial charge in [-0.25, -0.2) is 0 Å². The zero-order valence-electron chi connectivity index (χ0n) is 17.6. The molecule has 0 fully saturated rings. The summed E-state index contributed by atoms with van der Waals surface area (Å²) < 4.78 is 11.1. The van der Waals surface area contributed by atoms with Crippen LogP contribution in [0.2, 0.25) is 0 Å². The Morgan fingerprint density at radius 1 is 0.966 bits per heavy atom. The predicted octanol–water partition coefficient (Wildman–Crippen LogP) is 3.26. The number of nitrogens with one attached hydrogen (secondary N) is 2. The number of carbonyl (C=O) groups excluding carboxylic acids is 2. The maximum absolute atomic E-state index is 12.4. The zero-order chi connectivity index (χ0) is 21.4. The molecule has 2 amide bonds. The van der Waals surface area contributed by atoms with E-state index in [1.807, 2.05) is 25.1 Å². The van der Waals surface area contributed by atoms with Crippen LogP contribution in [0.1, 0.15) is 41.0 Å². The van der Waals surface area contributed by atoms with Crippen LogP contribution >= 0.6 is 0 Å². The Kier molecular flexibility index (Phi) is 7.88. The summed E-state index contributed by atoms with van der Waals surface area (Å²) in [6.07, 6.45) is 0.923. The Bertz CT molecular complexity index is 850. The molecule has 0 aliphatic heterocycles. The SMILES string of the molecule is COc1cc(C(=O)NNC(=O)c2cccc(N(C)C)c2)ccc1OCCC(C)C. The first-order valence-corrected chi connectivity index (χ1v) is 9.50. The van der Waals surface area contributed by atoms with E-state index >= 15 is 0 Å². The highest BCUT2D eigenvalue weighted by Crippen LogP contribution is 2.28. The normalized spacial score (nSPS) is 10.4. The first kappa shape index (κ1) is 22.1. The van der Waals surface area contributed by atoms with Crippen molar-refractivity contribution in [1.82, 2.24) is 10.9 Å². The Labute approximate surface area is 172 Å². The van der Waals surface area contributed by atoms with Gasteiger partial charge in [0.25, 0.3) is 11.8 Å². The molecule has 0 aromatic heterocycles. The van der Waals surface area contributed by atoms with Gasteiger partial charge in [0.1, 0.15) is 0 Å². The number of hydrogen-bond acceptors (Lipinski definition) is 5. The quantitative estimate of drug-likeness (QED) is 0.666. The number of rotatable bonds is 8. The Hall–Kier alpha value is -3.22. The third-order valence-corrected chi connectivity index (χ3v) is 4.29.